The summed E-state index contributed by atoms with van der Waals surface area (Å²) in [5, 5.41) is 3.97. The molecular formula is C20H35N. The average molecular weight is 290 g/mol. The molecule has 0 amide bonds. The summed E-state index contributed by atoms with van der Waals surface area (Å²) >= 11 is 0. The molecule has 0 spiro atoms. The average Bonchev–Trinajstić information content (AvgIpc) is 2.34. The second-order valence-electron chi connectivity index (χ2n) is 8.33. The van der Waals surface area contributed by atoms with Gasteiger partial charge in [-0.15, -0.1) is 0 Å². The SMILES string of the molecule is CC(C)CC(CC(C)C)NC(c1ccccc1)C(C)(C)C. The fourth-order valence-electron chi connectivity index (χ4n) is 3.10. The first kappa shape index (κ1) is 18.2. The van der Waals surface area contributed by atoms with Crippen LogP contribution in [0.2, 0.25) is 0 Å². The van der Waals surface area contributed by atoms with Crippen LogP contribution in [-0.4, -0.2) is 6.04 Å². The molecule has 0 saturated carbocycles. The van der Waals surface area contributed by atoms with Crippen LogP contribution in [0, 0.1) is 17.3 Å². The molecule has 1 aromatic carbocycles. The van der Waals surface area contributed by atoms with E-state index in [1.165, 1.54) is 18.4 Å². The highest BCUT2D eigenvalue weighted by Crippen LogP contribution is 2.34. The van der Waals surface area contributed by atoms with Gasteiger partial charge in [-0.1, -0.05) is 78.8 Å². The van der Waals surface area contributed by atoms with Crippen LogP contribution in [0.15, 0.2) is 30.3 Å². The van der Waals surface area contributed by atoms with Crippen molar-refractivity contribution in [2.75, 3.05) is 0 Å². The molecule has 0 aliphatic heterocycles. The quantitative estimate of drug-likeness (QED) is 0.666. The van der Waals surface area contributed by atoms with Crippen molar-refractivity contribution in [3.8, 4) is 0 Å². The zero-order valence-electron chi connectivity index (χ0n) is 15.1. The summed E-state index contributed by atoms with van der Waals surface area (Å²) in [6.07, 6.45) is 2.50. The molecule has 0 fully saturated rings. The van der Waals surface area contributed by atoms with Crippen molar-refractivity contribution in [3.63, 3.8) is 0 Å². The first-order valence-electron chi connectivity index (χ1n) is 8.51. The first-order chi connectivity index (χ1) is 9.70. The van der Waals surface area contributed by atoms with Crippen LogP contribution in [0.1, 0.15) is 72.9 Å². The van der Waals surface area contributed by atoms with Gasteiger partial charge in [-0.25, -0.2) is 0 Å². The van der Waals surface area contributed by atoms with Gasteiger partial charge in [0.1, 0.15) is 0 Å². The molecule has 1 aromatic rings. The molecule has 120 valence electrons. The smallest absolute Gasteiger partial charge is 0.0371 e. The van der Waals surface area contributed by atoms with Crippen molar-refractivity contribution in [3.05, 3.63) is 35.9 Å². The lowest BCUT2D eigenvalue weighted by Crippen LogP contribution is -2.40. The van der Waals surface area contributed by atoms with Crippen molar-refractivity contribution >= 4 is 0 Å². The Labute approximate surface area is 132 Å². The van der Waals surface area contributed by atoms with E-state index in [2.05, 4.69) is 84.1 Å². The minimum absolute atomic E-state index is 0.216. The van der Waals surface area contributed by atoms with Crippen molar-refractivity contribution in [1.82, 2.24) is 5.32 Å². The van der Waals surface area contributed by atoms with E-state index < -0.39 is 0 Å². The van der Waals surface area contributed by atoms with Crippen LogP contribution >= 0.6 is 0 Å². The summed E-state index contributed by atoms with van der Waals surface area (Å²) in [5.41, 5.74) is 1.62. The molecule has 0 aliphatic rings. The predicted octanol–water partition coefficient (Wildman–Crippen LogP) is 5.82. The standard InChI is InChI=1S/C20H35N/c1-15(2)13-18(14-16(3)4)21-19(20(5,6)7)17-11-9-8-10-12-17/h8-12,15-16,18-19,21H,13-14H2,1-7H3. The molecule has 0 heterocycles. The summed E-state index contributed by atoms with van der Waals surface area (Å²) in [6, 6.07) is 11.9. The van der Waals surface area contributed by atoms with Gasteiger partial charge in [0.05, 0.1) is 0 Å². The predicted molar refractivity (Wildman–Crippen MR) is 94.5 cm³/mol. The molecule has 1 rings (SSSR count). The lowest BCUT2D eigenvalue weighted by Gasteiger charge is -2.36. The highest BCUT2D eigenvalue weighted by Gasteiger charge is 2.28. The molecule has 1 atom stereocenters. The molecule has 21 heavy (non-hydrogen) atoms. The van der Waals surface area contributed by atoms with E-state index >= 15 is 0 Å². The molecule has 1 nitrogen and oxygen atoms in total. The zero-order valence-corrected chi connectivity index (χ0v) is 15.1. The summed E-state index contributed by atoms with van der Waals surface area (Å²) < 4.78 is 0. The number of benzene rings is 1. The highest BCUT2D eigenvalue weighted by molar-refractivity contribution is 5.21. The molecule has 0 aromatic heterocycles. The monoisotopic (exact) mass is 289 g/mol. The summed E-state index contributed by atoms with van der Waals surface area (Å²) in [7, 11) is 0. The largest absolute Gasteiger partial charge is 0.307 e. The maximum absolute atomic E-state index is 3.97. The molecule has 1 unspecified atom stereocenters. The van der Waals surface area contributed by atoms with Gasteiger partial charge in [0, 0.05) is 12.1 Å². The Bertz CT molecular complexity index is 376. The maximum Gasteiger partial charge on any atom is 0.0371 e. The van der Waals surface area contributed by atoms with E-state index in [0.717, 1.165) is 11.8 Å². The molecule has 0 saturated heterocycles. The van der Waals surface area contributed by atoms with Crippen molar-refractivity contribution in [2.45, 2.75) is 73.4 Å². The number of rotatable bonds is 7. The van der Waals surface area contributed by atoms with Gasteiger partial charge >= 0.3 is 0 Å². The van der Waals surface area contributed by atoms with Gasteiger partial charge in [0.25, 0.3) is 0 Å². The van der Waals surface area contributed by atoms with E-state index in [4.69, 9.17) is 0 Å². The van der Waals surface area contributed by atoms with Gasteiger partial charge < -0.3 is 5.32 Å². The van der Waals surface area contributed by atoms with Gasteiger partial charge in [0.2, 0.25) is 0 Å². The number of nitrogens with one attached hydrogen (secondary N) is 1. The summed E-state index contributed by atoms with van der Waals surface area (Å²) in [4.78, 5) is 0. The van der Waals surface area contributed by atoms with E-state index in [-0.39, 0.29) is 5.41 Å². The third-order valence-electron chi connectivity index (χ3n) is 3.91. The van der Waals surface area contributed by atoms with Crippen LogP contribution < -0.4 is 5.32 Å². The minimum atomic E-state index is 0.216. The highest BCUT2D eigenvalue weighted by atomic mass is 15.0. The normalized spacial score (nSPS) is 14.2. The Morgan fingerprint density at radius 3 is 1.71 bits per heavy atom. The molecule has 1 N–H and O–H groups in total. The third-order valence-corrected chi connectivity index (χ3v) is 3.91. The molecule has 1 heteroatoms. The van der Waals surface area contributed by atoms with E-state index in [9.17, 15) is 0 Å². The molecule has 0 radical (unpaired) electrons. The topological polar surface area (TPSA) is 12.0 Å². The first-order valence-corrected chi connectivity index (χ1v) is 8.51. The van der Waals surface area contributed by atoms with Gasteiger partial charge in [0.15, 0.2) is 0 Å². The van der Waals surface area contributed by atoms with Crippen LogP contribution in [0.3, 0.4) is 0 Å². The van der Waals surface area contributed by atoms with Gasteiger partial charge in [-0.3, -0.25) is 0 Å². The fourth-order valence-corrected chi connectivity index (χ4v) is 3.10. The van der Waals surface area contributed by atoms with Crippen molar-refractivity contribution in [1.29, 1.82) is 0 Å². The second-order valence-corrected chi connectivity index (χ2v) is 8.33. The minimum Gasteiger partial charge on any atom is -0.307 e. The van der Waals surface area contributed by atoms with E-state index in [1.807, 2.05) is 0 Å². The van der Waals surface area contributed by atoms with Crippen LogP contribution in [0.5, 0.6) is 0 Å². The third kappa shape index (κ3) is 6.65. The Hall–Kier alpha value is -0.820. The van der Waals surface area contributed by atoms with Crippen LogP contribution in [0.25, 0.3) is 0 Å². The van der Waals surface area contributed by atoms with E-state index in [0.29, 0.717) is 12.1 Å². The molecular weight excluding hydrogens is 254 g/mol. The van der Waals surface area contributed by atoms with Gasteiger partial charge in [-0.05, 0) is 35.7 Å². The second kappa shape index (κ2) is 7.98. The Morgan fingerprint density at radius 2 is 1.33 bits per heavy atom. The van der Waals surface area contributed by atoms with Crippen LogP contribution in [-0.2, 0) is 0 Å². The lowest BCUT2D eigenvalue weighted by atomic mass is 9.81. The van der Waals surface area contributed by atoms with Gasteiger partial charge in [-0.2, -0.15) is 0 Å². The zero-order chi connectivity index (χ0) is 16.0. The maximum atomic E-state index is 3.97. The molecule has 0 aliphatic carbocycles. The van der Waals surface area contributed by atoms with Crippen molar-refractivity contribution in [2.24, 2.45) is 17.3 Å². The summed E-state index contributed by atoms with van der Waals surface area (Å²) in [6.45, 7) is 16.3. The lowest BCUT2D eigenvalue weighted by molar-refractivity contribution is 0.223. The Morgan fingerprint density at radius 1 is 0.857 bits per heavy atom. The van der Waals surface area contributed by atoms with E-state index in [1.54, 1.807) is 0 Å². The molecule has 0 bridgehead atoms. The van der Waals surface area contributed by atoms with Crippen LogP contribution in [0.4, 0.5) is 0 Å². The number of hydrogen-bond donors (Lipinski definition) is 1. The van der Waals surface area contributed by atoms with Crippen molar-refractivity contribution < 1.29 is 0 Å². The Kier molecular flexibility index (Phi) is 6.93. The Balaban J connectivity index is 2.92. The summed E-state index contributed by atoms with van der Waals surface area (Å²) in [5.74, 6) is 1.47. The number of hydrogen-bond acceptors (Lipinski definition) is 1. The fraction of sp³-hybridized carbons (Fsp3) is 0.700.